The number of nitrogens with two attached hydrogens (primary N) is 1. The van der Waals surface area contributed by atoms with Gasteiger partial charge in [0.2, 0.25) is 5.95 Å². The van der Waals surface area contributed by atoms with Gasteiger partial charge in [-0.3, -0.25) is 0 Å². The van der Waals surface area contributed by atoms with E-state index in [1.165, 1.54) is 5.56 Å². The summed E-state index contributed by atoms with van der Waals surface area (Å²) in [4.78, 5) is 0. The lowest BCUT2D eigenvalue weighted by molar-refractivity contribution is 0.712. The van der Waals surface area contributed by atoms with E-state index in [1.54, 1.807) is 11.7 Å². The first-order chi connectivity index (χ1) is 7.75. The van der Waals surface area contributed by atoms with E-state index in [0.29, 0.717) is 5.95 Å². The van der Waals surface area contributed by atoms with Gasteiger partial charge in [-0.2, -0.15) is 0 Å². The number of tetrazole rings is 1. The topological polar surface area (TPSA) is 81.7 Å². The van der Waals surface area contributed by atoms with E-state index < -0.39 is 0 Å². The van der Waals surface area contributed by atoms with Crippen molar-refractivity contribution in [1.29, 1.82) is 0 Å². The smallest absolute Gasteiger partial charge is 0.242 e. The first-order valence-corrected chi connectivity index (χ1v) is 5.06. The molecule has 0 amide bonds. The van der Waals surface area contributed by atoms with Gasteiger partial charge in [0, 0.05) is 19.3 Å². The largest absolute Gasteiger partial charge is 0.399 e. The minimum atomic E-state index is 0.676. The highest BCUT2D eigenvalue weighted by molar-refractivity contribution is 5.39. The summed E-state index contributed by atoms with van der Waals surface area (Å²) in [5.74, 6) is 0.676. The SMILES string of the molecule is Cn1nnnc1NCCc1ccc(N)cc1. The Balaban J connectivity index is 1.84. The molecule has 0 aliphatic heterocycles. The fourth-order valence-electron chi connectivity index (χ4n) is 1.38. The number of benzene rings is 1. The molecule has 0 radical (unpaired) electrons. The Kier molecular flexibility index (Phi) is 3.00. The number of rotatable bonds is 4. The molecule has 3 N–H and O–H groups in total. The van der Waals surface area contributed by atoms with Crippen LogP contribution in [0.5, 0.6) is 0 Å². The number of hydrogen-bond acceptors (Lipinski definition) is 5. The van der Waals surface area contributed by atoms with Gasteiger partial charge in [0.25, 0.3) is 0 Å². The maximum atomic E-state index is 5.61. The van der Waals surface area contributed by atoms with Crippen molar-refractivity contribution < 1.29 is 0 Å². The van der Waals surface area contributed by atoms with Crippen LogP contribution in [0.2, 0.25) is 0 Å². The minimum Gasteiger partial charge on any atom is -0.399 e. The van der Waals surface area contributed by atoms with Crippen LogP contribution in [0.25, 0.3) is 0 Å². The molecule has 1 heterocycles. The molecular weight excluding hydrogens is 204 g/mol. The average molecular weight is 218 g/mol. The molecule has 0 aliphatic carbocycles. The lowest BCUT2D eigenvalue weighted by atomic mass is 10.1. The summed E-state index contributed by atoms with van der Waals surface area (Å²) in [6.45, 7) is 0.790. The molecule has 1 aromatic carbocycles. The van der Waals surface area contributed by atoms with Crippen molar-refractivity contribution in [1.82, 2.24) is 20.2 Å². The van der Waals surface area contributed by atoms with Gasteiger partial charge in [0.05, 0.1) is 0 Å². The van der Waals surface area contributed by atoms with E-state index in [2.05, 4.69) is 20.8 Å². The zero-order chi connectivity index (χ0) is 11.4. The van der Waals surface area contributed by atoms with Gasteiger partial charge in [-0.05, 0) is 34.5 Å². The summed E-state index contributed by atoms with van der Waals surface area (Å²) in [7, 11) is 1.80. The predicted molar refractivity (Wildman–Crippen MR) is 61.8 cm³/mol. The van der Waals surface area contributed by atoms with Crippen molar-refractivity contribution >= 4 is 11.6 Å². The first kappa shape index (κ1) is 10.4. The van der Waals surface area contributed by atoms with Crippen LogP contribution >= 0.6 is 0 Å². The van der Waals surface area contributed by atoms with E-state index in [1.807, 2.05) is 24.3 Å². The quantitative estimate of drug-likeness (QED) is 0.728. The molecule has 0 bridgehead atoms. The maximum absolute atomic E-state index is 5.61. The molecule has 2 rings (SSSR count). The average Bonchev–Trinajstić information content (AvgIpc) is 2.68. The van der Waals surface area contributed by atoms with Crippen molar-refractivity contribution in [2.75, 3.05) is 17.6 Å². The Hall–Kier alpha value is -2.11. The number of aryl methyl sites for hydroxylation is 1. The normalized spacial score (nSPS) is 10.3. The van der Waals surface area contributed by atoms with E-state index in [-0.39, 0.29) is 0 Å². The van der Waals surface area contributed by atoms with Crippen LogP contribution in [-0.4, -0.2) is 26.8 Å². The third-order valence-corrected chi connectivity index (χ3v) is 2.30. The third kappa shape index (κ3) is 2.47. The fourth-order valence-corrected chi connectivity index (χ4v) is 1.38. The van der Waals surface area contributed by atoms with Gasteiger partial charge in [-0.1, -0.05) is 17.2 Å². The standard InChI is InChI=1S/C10H14N6/c1-16-10(13-14-15-16)12-7-6-8-2-4-9(11)5-3-8/h2-5H,6-7,11H2,1H3,(H,12,13,15). The highest BCUT2D eigenvalue weighted by atomic mass is 15.6. The Morgan fingerprint density at radius 1 is 1.31 bits per heavy atom. The van der Waals surface area contributed by atoms with Gasteiger partial charge in [-0.15, -0.1) is 0 Å². The Morgan fingerprint density at radius 2 is 2.06 bits per heavy atom. The van der Waals surface area contributed by atoms with Crippen molar-refractivity contribution in [2.24, 2.45) is 7.05 Å². The molecule has 84 valence electrons. The molecule has 0 spiro atoms. The predicted octanol–water partition coefficient (Wildman–Crippen LogP) is 0.447. The second-order valence-electron chi connectivity index (χ2n) is 3.54. The second kappa shape index (κ2) is 4.61. The molecule has 0 fully saturated rings. The molecule has 6 heteroatoms. The molecule has 0 atom stereocenters. The van der Waals surface area contributed by atoms with E-state index in [9.17, 15) is 0 Å². The van der Waals surface area contributed by atoms with Crippen LogP contribution in [0.1, 0.15) is 5.56 Å². The summed E-state index contributed by atoms with van der Waals surface area (Å²) in [5, 5.41) is 14.3. The Bertz CT molecular complexity index is 447. The summed E-state index contributed by atoms with van der Waals surface area (Å²) in [5.41, 5.74) is 7.63. The van der Waals surface area contributed by atoms with Crippen LogP contribution < -0.4 is 11.1 Å². The molecule has 0 saturated carbocycles. The van der Waals surface area contributed by atoms with E-state index in [0.717, 1.165) is 18.7 Å². The number of aromatic nitrogens is 4. The molecule has 0 aliphatic rings. The number of nitrogen functional groups attached to an aromatic ring is 1. The third-order valence-electron chi connectivity index (χ3n) is 2.30. The van der Waals surface area contributed by atoms with Crippen molar-refractivity contribution in [3.63, 3.8) is 0 Å². The number of nitrogens with zero attached hydrogens (tertiary/aromatic N) is 4. The summed E-state index contributed by atoms with van der Waals surface area (Å²) < 4.78 is 1.60. The zero-order valence-corrected chi connectivity index (χ0v) is 9.09. The maximum Gasteiger partial charge on any atom is 0.242 e. The van der Waals surface area contributed by atoms with Gasteiger partial charge >= 0.3 is 0 Å². The van der Waals surface area contributed by atoms with Crippen LogP contribution in [-0.2, 0) is 13.5 Å². The summed E-state index contributed by atoms with van der Waals surface area (Å²) in [6, 6.07) is 7.84. The number of hydrogen-bond donors (Lipinski definition) is 2. The molecule has 16 heavy (non-hydrogen) atoms. The van der Waals surface area contributed by atoms with E-state index >= 15 is 0 Å². The first-order valence-electron chi connectivity index (χ1n) is 5.06. The second-order valence-corrected chi connectivity index (χ2v) is 3.54. The van der Waals surface area contributed by atoms with Crippen LogP contribution in [0.15, 0.2) is 24.3 Å². The summed E-state index contributed by atoms with van der Waals surface area (Å²) in [6.07, 6.45) is 0.910. The molecule has 6 nitrogen and oxygen atoms in total. The highest BCUT2D eigenvalue weighted by Gasteiger charge is 1.99. The van der Waals surface area contributed by atoms with Crippen LogP contribution in [0, 0.1) is 0 Å². The fraction of sp³-hybridized carbons (Fsp3) is 0.300. The van der Waals surface area contributed by atoms with Crippen molar-refractivity contribution in [3.8, 4) is 0 Å². The summed E-state index contributed by atoms with van der Waals surface area (Å²) >= 11 is 0. The number of anilines is 2. The zero-order valence-electron chi connectivity index (χ0n) is 9.09. The highest BCUT2D eigenvalue weighted by Crippen LogP contribution is 2.06. The monoisotopic (exact) mass is 218 g/mol. The Morgan fingerprint density at radius 3 is 2.69 bits per heavy atom. The van der Waals surface area contributed by atoms with Gasteiger partial charge in [-0.25, -0.2) is 4.68 Å². The van der Waals surface area contributed by atoms with E-state index in [4.69, 9.17) is 5.73 Å². The Labute approximate surface area is 93.5 Å². The van der Waals surface area contributed by atoms with Gasteiger partial charge in [0.1, 0.15) is 0 Å². The molecule has 1 aromatic heterocycles. The van der Waals surface area contributed by atoms with Crippen LogP contribution in [0.4, 0.5) is 11.6 Å². The van der Waals surface area contributed by atoms with Crippen LogP contribution in [0.3, 0.4) is 0 Å². The lowest BCUT2D eigenvalue weighted by Gasteiger charge is -2.04. The van der Waals surface area contributed by atoms with Gasteiger partial charge < -0.3 is 11.1 Å². The molecule has 2 aromatic rings. The molecule has 0 unspecified atom stereocenters. The molecular formula is C10H14N6. The minimum absolute atomic E-state index is 0.676. The van der Waals surface area contributed by atoms with Crippen molar-refractivity contribution in [2.45, 2.75) is 6.42 Å². The molecule has 0 saturated heterocycles. The van der Waals surface area contributed by atoms with Crippen molar-refractivity contribution in [3.05, 3.63) is 29.8 Å². The lowest BCUT2D eigenvalue weighted by Crippen LogP contribution is -2.09. The number of nitrogens with one attached hydrogen (secondary N) is 1. The van der Waals surface area contributed by atoms with Gasteiger partial charge in [0.15, 0.2) is 0 Å².